The summed E-state index contributed by atoms with van der Waals surface area (Å²) >= 11 is 0. The van der Waals surface area contributed by atoms with Crippen LogP contribution in [0.5, 0.6) is 0 Å². The maximum absolute atomic E-state index is 11.4. The molecule has 0 saturated heterocycles. The number of rotatable bonds is 12. The molecule has 1 unspecified atom stereocenters. The summed E-state index contributed by atoms with van der Waals surface area (Å²) in [4.78, 5) is 21.7. The standard InChI is InChI=1S/C12H22O8S.K/c1-2-3-4-5-6-19-7-8-20-12(15)10(9-11(13)14)21(16,17)18;/h10H,2-9H2,1H3,(H,13,14)(H,16,17,18);/q;+1/p-1. The Kier molecular flexibility index (Phi) is 15.5. The van der Waals surface area contributed by atoms with Crippen LogP contribution in [0.15, 0.2) is 0 Å². The number of hydrogen-bond acceptors (Lipinski definition) is 7. The molecule has 10 heteroatoms. The molecule has 0 amide bonds. The average molecular weight is 364 g/mol. The van der Waals surface area contributed by atoms with E-state index >= 15 is 0 Å². The number of unbranched alkanes of at least 4 members (excludes halogenated alkanes) is 3. The molecule has 0 bridgehead atoms. The van der Waals surface area contributed by atoms with E-state index in [0.29, 0.717) is 6.61 Å². The molecule has 0 aliphatic carbocycles. The van der Waals surface area contributed by atoms with Crippen molar-refractivity contribution in [1.82, 2.24) is 0 Å². The van der Waals surface area contributed by atoms with Gasteiger partial charge < -0.3 is 19.4 Å². The van der Waals surface area contributed by atoms with E-state index < -0.39 is 33.7 Å². The van der Waals surface area contributed by atoms with Crippen molar-refractivity contribution in [2.45, 2.75) is 44.3 Å². The Morgan fingerprint density at radius 1 is 1.14 bits per heavy atom. The summed E-state index contributed by atoms with van der Waals surface area (Å²) in [6.07, 6.45) is 2.97. The van der Waals surface area contributed by atoms with Crippen LogP contribution in [-0.2, 0) is 29.2 Å². The minimum absolute atomic E-state index is 0. The van der Waals surface area contributed by atoms with Crippen molar-refractivity contribution >= 4 is 22.1 Å². The van der Waals surface area contributed by atoms with E-state index in [0.717, 1.165) is 25.7 Å². The molecule has 0 aromatic heterocycles. The molecule has 0 saturated carbocycles. The average Bonchev–Trinajstić information content (AvgIpc) is 2.37. The molecular formula is C12H21KO8S. The van der Waals surface area contributed by atoms with Crippen LogP contribution >= 0.6 is 0 Å². The fourth-order valence-corrected chi connectivity index (χ4v) is 2.15. The molecule has 22 heavy (non-hydrogen) atoms. The summed E-state index contributed by atoms with van der Waals surface area (Å²) in [7, 11) is -4.85. The van der Waals surface area contributed by atoms with Gasteiger partial charge in [-0.3, -0.25) is 9.35 Å². The van der Waals surface area contributed by atoms with Crippen molar-refractivity contribution in [2.24, 2.45) is 0 Å². The summed E-state index contributed by atoms with van der Waals surface area (Å²) < 4.78 is 40.2. The smallest absolute Gasteiger partial charge is 0.550 e. The molecule has 0 rings (SSSR count). The van der Waals surface area contributed by atoms with Gasteiger partial charge in [0.25, 0.3) is 10.1 Å². The first-order valence-corrected chi connectivity index (χ1v) is 8.19. The molecule has 0 radical (unpaired) electrons. The zero-order valence-electron chi connectivity index (χ0n) is 12.9. The van der Waals surface area contributed by atoms with Crippen molar-refractivity contribution in [3.63, 3.8) is 0 Å². The monoisotopic (exact) mass is 364 g/mol. The molecule has 0 aliphatic heterocycles. The van der Waals surface area contributed by atoms with E-state index in [2.05, 4.69) is 11.7 Å². The number of esters is 1. The Bertz CT molecular complexity index is 423. The molecule has 0 spiro atoms. The van der Waals surface area contributed by atoms with Crippen molar-refractivity contribution in [2.75, 3.05) is 19.8 Å². The third kappa shape index (κ3) is 12.9. The van der Waals surface area contributed by atoms with Crippen LogP contribution in [0.25, 0.3) is 0 Å². The van der Waals surface area contributed by atoms with E-state index in [1.54, 1.807) is 0 Å². The van der Waals surface area contributed by atoms with Gasteiger partial charge >= 0.3 is 57.4 Å². The Morgan fingerprint density at radius 2 is 1.77 bits per heavy atom. The summed E-state index contributed by atoms with van der Waals surface area (Å²) in [5.74, 6) is -3.11. The topological polar surface area (TPSA) is 130 Å². The molecule has 0 aliphatic rings. The summed E-state index contributed by atoms with van der Waals surface area (Å²) in [5.41, 5.74) is 0. The number of ether oxygens (including phenoxy) is 2. The Balaban J connectivity index is 0. The third-order valence-corrected chi connectivity index (χ3v) is 3.67. The maximum Gasteiger partial charge on any atom is 1.00 e. The van der Waals surface area contributed by atoms with Gasteiger partial charge in [-0.2, -0.15) is 8.42 Å². The first-order valence-electron chi connectivity index (χ1n) is 6.69. The molecule has 124 valence electrons. The Hall–Kier alpha value is 0.446. The van der Waals surface area contributed by atoms with Gasteiger partial charge in [-0.05, 0) is 6.42 Å². The van der Waals surface area contributed by atoms with E-state index in [4.69, 9.17) is 9.29 Å². The van der Waals surface area contributed by atoms with Crippen molar-refractivity contribution in [1.29, 1.82) is 0 Å². The second-order valence-electron chi connectivity index (χ2n) is 4.42. The third-order valence-electron chi connectivity index (χ3n) is 2.59. The van der Waals surface area contributed by atoms with Crippen LogP contribution in [0, 0.1) is 0 Å². The molecule has 8 nitrogen and oxygen atoms in total. The zero-order chi connectivity index (χ0) is 16.3. The summed E-state index contributed by atoms with van der Waals surface area (Å²) in [6, 6.07) is 0. The normalized spacial score (nSPS) is 12.3. The molecule has 0 aromatic carbocycles. The largest absolute Gasteiger partial charge is 1.00 e. The van der Waals surface area contributed by atoms with Crippen molar-refractivity contribution in [3.8, 4) is 0 Å². The zero-order valence-corrected chi connectivity index (χ0v) is 16.9. The Labute approximate surface area is 173 Å². The Morgan fingerprint density at radius 3 is 2.27 bits per heavy atom. The van der Waals surface area contributed by atoms with Crippen LogP contribution in [0.3, 0.4) is 0 Å². The van der Waals surface area contributed by atoms with Gasteiger partial charge in [0.05, 0.1) is 6.61 Å². The van der Waals surface area contributed by atoms with Gasteiger partial charge in [-0.25, -0.2) is 0 Å². The molecular weight excluding hydrogens is 343 g/mol. The maximum atomic E-state index is 11.4. The predicted octanol–water partition coefficient (Wildman–Crippen LogP) is -3.47. The number of carboxylic acid groups (broad SMARTS) is 1. The van der Waals surface area contributed by atoms with Gasteiger partial charge in [0.1, 0.15) is 6.61 Å². The van der Waals surface area contributed by atoms with Crippen LogP contribution < -0.4 is 56.5 Å². The summed E-state index contributed by atoms with van der Waals surface area (Å²) in [6.45, 7) is 2.43. The number of carbonyl (C=O) groups is 2. The number of aliphatic carboxylic acids is 1. The number of carbonyl (C=O) groups excluding carboxylic acids is 2. The van der Waals surface area contributed by atoms with Crippen LogP contribution in [0.1, 0.15) is 39.0 Å². The van der Waals surface area contributed by atoms with E-state index in [9.17, 15) is 23.1 Å². The molecule has 0 aromatic rings. The molecule has 0 fully saturated rings. The second kappa shape index (κ2) is 13.8. The number of hydrogen-bond donors (Lipinski definition) is 1. The van der Waals surface area contributed by atoms with E-state index in [1.165, 1.54) is 0 Å². The van der Waals surface area contributed by atoms with Crippen molar-refractivity contribution in [3.05, 3.63) is 0 Å². The van der Waals surface area contributed by atoms with Crippen molar-refractivity contribution < 1.29 is 88.5 Å². The minimum Gasteiger partial charge on any atom is -0.550 e. The fraction of sp³-hybridized carbons (Fsp3) is 0.833. The minimum atomic E-state index is -4.85. The second-order valence-corrected chi connectivity index (χ2v) is 6.02. The predicted molar refractivity (Wildman–Crippen MR) is 70.9 cm³/mol. The van der Waals surface area contributed by atoms with Gasteiger partial charge in [-0.15, -0.1) is 0 Å². The van der Waals surface area contributed by atoms with Crippen LogP contribution in [0.4, 0.5) is 0 Å². The van der Waals surface area contributed by atoms with Gasteiger partial charge in [0, 0.05) is 19.0 Å². The van der Waals surface area contributed by atoms with Crippen LogP contribution in [-0.4, -0.2) is 50.0 Å². The first kappa shape index (κ1) is 24.7. The first-order chi connectivity index (χ1) is 9.79. The van der Waals surface area contributed by atoms with E-state index in [-0.39, 0.29) is 64.6 Å². The van der Waals surface area contributed by atoms with Gasteiger partial charge in [0.2, 0.25) is 0 Å². The fourth-order valence-electron chi connectivity index (χ4n) is 1.49. The van der Waals surface area contributed by atoms with Gasteiger partial charge in [-0.1, -0.05) is 26.2 Å². The molecule has 1 N–H and O–H groups in total. The summed E-state index contributed by atoms with van der Waals surface area (Å²) in [5, 5.41) is 8.17. The quantitative estimate of drug-likeness (QED) is 0.164. The SMILES string of the molecule is CCCCCCOCCOC(=O)C(CC(=O)[O-])S(=O)(=O)O.[K+]. The van der Waals surface area contributed by atoms with E-state index in [1.807, 2.05) is 0 Å². The molecule has 1 atom stereocenters. The molecule has 0 heterocycles. The number of carboxylic acids is 1. The van der Waals surface area contributed by atoms with Gasteiger partial charge in [0.15, 0.2) is 5.25 Å². The van der Waals surface area contributed by atoms with Crippen LogP contribution in [0.2, 0.25) is 0 Å².